The number of H-pyrrole nitrogens is 1. The van der Waals surface area contributed by atoms with Crippen LogP contribution in [0.3, 0.4) is 0 Å². The Hall–Kier alpha value is -1.31. The van der Waals surface area contributed by atoms with E-state index in [2.05, 4.69) is 23.3 Å². The molecule has 0 aliphatic rings. The van der Waals surface area contributed by atoms with Crippen LogP contribution in [-0.2, 0) is 0 Å². The average molecular weight is 173 g/mol. The van der Waals surface area contributed by atoms with Crippen LogP contribution in [0.5, 0.6) is 0 Å². The van der Waals surface area contributed by atoms with Gasteiger partial charge in [0.1, 0.15) is 5.82 Å². The molecule has 0 unspecified atom stereocenters. The Kier molecular flexibility index (Phi) is 2.30. The fraction of sp³-hybridized carbons (Fsp3) is 0.273. The Labute approximate surface area is 78.0 Å². The summed E-state index contributed by atoms with van der Waals surface area (Å²) in [5.41, 5.74) is 2.16. The van der Waals surface area contributed by atoms with Gasteiger partial charge in [0, 0.05) is 6.42 Å². The molecule has 0 saturated heterocycles. The molecule has 1 N–H and O–H groups in total. The first kappa shape index (κ1) is 8.30. The summed E-state index contributed by atoms with van der Waals surface area (Å²) in [5.74, 6) is 0.989. The van der Waals surface area contributed by atoms with Crippen molar-refractivity contribution in [3.05, 3.63) is 36.5 Å². The SMILES string of the molecule is CCC[CH]c1nc2ccccc2[nH]1. The molecule has 0 saturated carbocycles. The Bertz CT molecular complexity index is 357. The van der Waals surface area contributed by atoms with Crippen LogP contribution in [0.1, 0.15) is 25.6 Å². The van der Waals surface area contributed by atoms with E-state index in [0.717, 1.165) is 29.7 Å². The molecule has 0 fully saturated rings. The van der Waals surface area contributed by atoms with E-state index in [1.807, 2.05) is 24.3 Å². The number of nitrogens with zero attached hydrogens (tertiary/aromatic N) is 1. The fourth-order valence-electron chi connectivity index (χ4n) is 1.35. The largest absolute Gasteiger partial charge is 0.342 e. The van der Waals surface area contributed by atoms with Crippen molar-refractivity contribution in [2.75, 3.05) is 0 Å². The van der Waals surface area contributed by atoms with E-state index in [4.69, 9.17) is 0 Å². The number of aromatic amines is 1. The topological polar surface area (TPSA) is 28.7 Å². The molecule has 13 heavy (non-hydrogen) atoms. The van der Waals surface area contributed by atoms with Crippen LogP contribution in [0.15, 0.2) is 24.3 Å². The molecule has 2 nitrogen and oxygen atoms in total. The van der Waals surface area contributed by atoms with Crippen LogP contribution >= 0.6 is 0 Å². The number of hydrogen-bond donors (Lipinski definition) is 1. The molecule has 1 heterocycles. The third-order valence-corrected chi connectivity index (χ3v) is 2.03. The van der Waals surface area contributed by atoms with Gasteiger partial charge < -0.3 is 4.98 Å². The van der Waals surface area contributed by atoms with E-state index in [1.54, 1.807) is 0 Å². The maximum Gasteiger partial charge on any atom is 0.111 e. The minimum absolute atomic E-state index is 0.989. The zero-order valence-electron chi connectivity index (χ0n) is 7.75. The number of unbranched alkanes of at least 4 members (excludes halogenated alkanes) is 1. The van der Waals surface area contributed by atoms with Crippen LogP contribution in [-0.4, -0.2) is 9.97 Å². The van der Waals surface area contributed by atoms with Crippen LogP contribution in [0.4, 0.5) is 0 Å². The van der Waals surface area contributed by atoms with Crippen LogP contribution in [0.25, 0.3) is 11.0 Å². The molecule has 2 aromatic rings. The van der Waals surface area contributed by atoms with Crippen molar-refractivity contribution in [2.45, 2.75) is 19.8 Å². The number of aromatic nitrogens is 2. The van der Waals surface area contributed by atoms with Gasteiger partial charge in [0.15, 0.2) is 0 Å². The summed E-state index contributed by atoms with van der Waals surface area (Å²) < 4.78 is 0. The minimum Gasteiger partial charge on any atom is -0.342 e. The van der Waals surface area contributed by atoms with Gasteiger partial charge in [0.2, 0.25) is 0 Å². The lowest BCUT2D eigenvalue weighted by Crippen LogP contribution is -1.82. The van der Waals surface area contributed by atoms with Gasteiger partial charge in [-0.15, -0.1) is 0 Å². The van der Waals surface area contributed by atoms with Crippen molar-refractivity contribution in [3.63, 3.8) is 0 Å². The van der Waals surface area contributed by atoms with Gasteiger partial charge in [0.05, 0.1) is 11.0 Å². The van der Waals surface area contributed by atoms with E-state index >= 15 is 0 Å². The monoisotopic (exact) mass is 173 g/mol. The normalized spacial score (nSPS) is 10.8. The Morgan fingerprint density at radius 3 is 3.00 bits per heavy atom. The van der Waals surface area contributed by atoms with Gasteiger partial charge in [0.25, 0.3) is 0 Å². The van der Waals surface area contributed by atoms with E-state index in [0.29, 0.717) is 0 Å². The molecule has 0 amide bonds. The summed E-state index contributed by atoms with van der Waals surface area (Å²) in [7, 11) is 0. The number of imidazole rings is 1. The Morgan fingerprint density at radius 2 is 2.23 bits per heavy atom. The zero-order valence-corrected chi connectivity index (χ0v) is 7.75. The molecule has 2 rings (SSSR count). The molecule has 1 radical (unpaired) electrons. The molecular weight excluding hydrogens is 160 g/mol. The Balaban J connectivity index is 2.28. The summed E-state index contributed by atoms with van der Waals surface area (Å²) in [6.07, 6.45) is 4.39. The molecule has 0 aliphatic heterocycles. The lowest BCUT2D eigenvalue weighted by atomic mass is 10.2. The maximum atomic E-state index is 4.44. The molecule has 1 aromatic carbocycles. The second-order valence-corrected chi connectivity index (χ2v) is 3.13. The van der Waals surface area contributed by atoms with Crippen LogP contribution in [0.2, 0.25) is 0 Å². The molecular formula is C11H13N2. The van der Waals surface area contributed by atoms with Crippen molar-refractivity contribution in [2.24, 2.45) is 0 Å². The predicted octanol–water partition coefficient (Wildman–Crippen LogP) is 2.92. The summed E-state index contributed by atoms with van der Waals surface area (Å²) in [5, 5.41) is 0. The predicted molar refractivity (Wildman–Crippen MR) is 54.4 cm³/mol. The lowest BCUT2D eigenvalue weighted by molar-refractivity contribution is 0.893. The Morgan fingerprint density at radius 1 is 1.38 bits per heavy atom. The number of para-hydroxylation sites is 2. The van der Waals surface area contributed by atoms with Gasteiger partial charge in [-0.05, 0) is 18.6 Å². The van der Waals surface area contributed by atoms with Crippen molar-refractivity contribution in [1.82, 2.24) is 9.97 Å². The summed E-state index contributed by atoms with van der Waals surface area (Å²) >= 11 is 0. The molecule has 0 aliphatic carbocycles. The molecule has 0 bridgehead atoms. The molecule has 0 spiro atoms. The lowest BCUT2D eigenvalue weighted by Gasteiger charge is -1.90. The first-order valence-corrected chi connectivity index (χ1v) is 4.68. The quantitative estimate of drug-likeness (QED) is 0.759. The number of fused-ring (bicyclic) bond motifs is 1. The summed E-state index contributed by atoms with van der Waals surface area (Å²) in [6.45, 7) is 2.17. The number of nitrogens with one attached hydrogen (secondary N) is 1. The van der Waals surface area contributed by atoms with E-state index in [-0.39, 0.29) is 0 Å². The van der Waals surface area contributed by atoms with Gasteiger partial charge in [-0.1, -0.05) is 25.5 Å². The third kappa shape index (κ3) is 1.72. The second-order valence-electron chi connectivity index (χ2n) is 3.13. The number of rotatable bonds is 3. The third-order valence-electron chi connectivity index (χ3n) is 2.03. The van der Waals surface area contributed by atoms with Crippen molar-refractivity contribution in [1.29, 1.82) is 0 Å². The highest BCUT2D eigenvalue weighted by molar-refractivity contribution is 5.74. The highest BCUT2D eigenvalue weighted by Crippen LogP contribution is 2.12. The number of benzene rings is 1. The number of hydrogen-bond acceptors (Lipinski definition) is 1. The zero-order chi connectivity index (χ0) is 9.10. The minimum atomic E-state index is 0.989. The molecule has 67 valence electrons. The van der Waals surface area contributed by atoms with E-state index in [1.165, 1.54) is 0 Å². The molecule has 2 heteroatoms. The van der Waals surface area contributed by atoms with E-state index < -0.39 is 0 Å². The second kappa shape index (κ2) is 3.60. The van der Waals surface area contributed by atoms with Crippen molar-refractivity contribution >= 4 is 11.0 Å². The van der Waals surface area contributed by atoms with Crippen molar-refractivity contribution in [3.8, 4) is 0 Å². The van der Waals surface area contributed by atoms with Gasteiger partial charge in [-0.3, -0.25) is 0 Å². The maximum absolute atomic E-state index is 4.44. The smallest absolute Gasteiger partial charge is 0.111 e. The van der Waals surface area contributed by atoms with Gasteiger partial charge >= 0.3 is 0 Å². The molecule has 1 aromatic heterocycles. The summed E-state index contributed by atoms with van der Waals surface area (Å²) in [4.78, 5) is 7.70. The van der Waals surface area contributed by atoms with Gasteiger partial charge in [-0.25, -0.2) is 4.98 Å². The molecule has 0 atom stereocenters. The standard InChI is InChI=1S/C11H13N2/c1-2-3-8-11-12-9-6-4-5-7-10(9)13-11/h4-8H,2-3H2,1H3,(H,12,13). The first-order chi connectivity index (χ1) is 6.40. The van der Waals surface area contributed by atoms with Gasteiger partial charge in [-0.2, -0.15) is 0 Å². The summed E-state index contributed by atoms with van der Waals surface area (Å²) in [6, 6.07) is 8.09. The van der Waals surface area contributed by atoms with Crippen LogP contribution in [0, 0.1) is 6.42 Å². The highest BCUT2D eigenvalue weighted by atomic mass is 14.9. The highest BCUT2D eigenvalue weighted by Gasteiger charge is 2.00. The van der Waals surface area contributed by atoms with E-state index in [9.17, 15) is 0 Å². The fourth-order valence-corrected chi connectivity index (χ4v) is 1.35. The van der Waals surface area contributed by atoms with Crippen LogP contribution < -0.4 is 0 Å². The average Bonchev–Trinajstić information content (AvgIpc) is 2.57. The van der Waals surface area contributed by atoms with Crippen molar-refractivity contribution < 1.29 is 0 Å². The first-order valence-electron chi connectivity index (χ1n) is 4.68.